The summed E-state index contributed by atoms with van der Waals surface area (Å²) in [6, 6.07) is 0. The SMILES string of the molecule is BrC12C[C@@H]3CC1(I)C[C@@H]3C2. The van der Waals surface area contributed by atoms with E-state index in [2.05, 4.69) is 38.5 Å². The Balaban J connectivity index is 2.17. The van der Waals surface area contributed by atoms with Crippen molar-refractivity contribution in [2.24, 2.45) is 11.8 Å². The fraction of sp³-hybridized carbons (Fsp3) is 1.00. The molecule has 0 radical (unpaired) electrons. The number of rotatable bonds is 0. The quantitative estimate of drug-likeness (QED) is 0.476. The first-order chi connectivity index (χ1) is 4.63. The van der Waals surface area contributed by atoms with E-state index in [4.69, 9.17) is 0 Å². The molecule has 0 aromatic heterocycles. The second-order valence-electron chi connectivity index (χ2n) is 4.27. The number of hydrogen-bond acceptors (Lipinski definition) is 0. The van der Waals surface area contributed by atoms with E-state index in [-0.39, 0.29) is 0 Å². The maximum absolute atomic E-state index is 3.94. The van der Waals surface area contributed by atoms with E-state index in [1.807, 2.05) is 0 Å². The molecule has 4 fully saturated rings. The number of alkyl halides is 2. The minimum Gasteiger partial charge on any atom is -0.0839 e. The normalized spacial score (nSPS) is 70.2. The first kappa shape index (κ1) is 6.70. The standard InChI is InChI=1S/C8H10BrI/c9-7-1-5-3-8(7,10)4-6(5)2-7/h5-6H,1-4H2/t5-,6+,7?,8?. The molecule has 0 aromatic rings. The van der Waals surface area contributed by atoms with Crippen LogP contribution in [0.5, 0.6) is 0 Å². The van der Waals surface area contributed by atoms with E-state index in [1.54, 1.807) is 0 Å². The van der Waals surface area contributed by atoms with E-state index in [0.29, 0.717) is 7.75 Å². The van der Waals surface area contributed by atoms with Crippen molar-refractivity contribution in [3.05, 3.63) is 0 Å². The van der Waals surface area contributed by atoms with Gasteiger partial charge in [0.1, 0.15) is 0 Å². The first-order valence-corrected chi connectivity index (χ1v) is 5.88. The summed E-state index contributed by atoms with van der Waals surface area (Å²) in [5.74, 6) is 2.19. The largest absolute Gasteiger partial charge is 0.0839 e. The molecule has 0 aromatic carbocycles. The average molecular weight is 313 g/mol. The second-order valence-corrected chi connectivity index (χ2v) is 7.85. The summed E-state index contributed by atoms with van der Waals surface area (Å²) in [5, 5.41) is 0. The summed E-state index contributed by atoms with van der Waals surface area (Å²) in [6.45, 7) is 0. The van der Waals surface area contributed by atoms with Gasteiger partial charge in [0.15, 0.2) is 0 Å². The molecule has 4 aliphatic carbocycles. The third kappa shape index (κ3) is 0.530. The Morgan fingerprint density at radius 1 is 1.10 bits per heavy atom. The molecule has 0 saturated heterocycles. The summed E-state index contributed by atoms with van der Waals surface area (Å²) in [6.07, 6.45) is 5.95. The van der Waals surface area contributed by atoms with Gasteiger partial charge in [-0.15, -0.1) is 0 Å². The summed E-state index contributed by atoms with van der Waals surface area (Å²) < 4.78 is 1.25. The minimum atomic E-state index is 0.579. The molecule has 0 spiro atoms. The molecule has 10 heavy (non-hydrogen) atoms. The highest BCUT2D eigenvalue weighted by Gasteiger charge is 2.69. The van der Waals surface area contributed by atoms with Crippen LogP contribution < -0.4 is 0 Å². The molecule has 0 aliphatic heterocycles. The van der Waals surface area contributed by atoms with Crippen molar-refractivity contribution >= 4 is 38.5 Å². The third-order valence-electron chi connectivity index (χ3n) is 3.81. The molecule has 0 nitrogen and oxygen atoms in total. The Labute approximate surface area is 83.4 Å². The summed E-state index contributed by atoms with van der Waals surface area (Å²) in [4.78, 5) is 0. The molecule has 4 rings (SSSR count). The van der Waals surface area contributed by atoms with Gasteiger partial charge in [0.2, 0.25) is 0 Å². The number of halogens is 2. The highest BCUT2D eigenvalue weighted by Crippen LogP contribution is 2.74. The molecule has 4 aliphatic rings. The Kier molecular flexibility index (Phi) is 1.08. The fourth-order valence-electron chi connectivity index (χ4n) is 3.37. The van der Waals surface area contributed by atoms with Crippen LogP contribution in [0.2, 0.25) is 0 Å². The van der Waals surface area contributed by atoms with Crippen LogP contribution in [-0.4, -0.2) is 7.75 Å². The summed E-state index contributed by atoms with van der Waals surface area (Å²) >= 11 is 6.65. The van der Waals surface area contributed by atoms with Crippen molar-refractivity contribution in [3.8, 4) is 0 Å². The lowest BCUT2D eigenvalue weighted by Gasteiger charge is -2.29. The molecule has 4 bridgehead atoms. The molecule has 2 heteroatoms. The van der Waals surface area contributed by atoms with Crippen molar-refractivity contribution in [2.75, 3.05) is 0 Å². The van der Waals surface area contributed by atoms with E-state index in [0.717, 1.165) is 11.8 Å². The zero-order valence-corrected chi connectivity index (χ0v) is 9.48. The van der Waals surface area contributed by atoms with Gasteiger partial charge >= 0.3 is 0 Å². The van der Waals surface area contributed by atoms with Gasteiger partial charge in [0.05, 0.1) is 0 Å². The lowest BCUT2D eigenvalue weighted by Crippen LogP contribution is -2.33. The predicted molar refractivity (Wildman–Crippen MR) is 53.9 cm³/mol. The predicted octanol–water partition coefficient (Wildman–Crippen LogP) is 3.13. The Morgan fingerprint density at radius 2 is 1.60 bits per heavy atom. The lowest BCUT2D eigenvalue weighted by atomic mass is 10.0. The molecule has 0 N–H and O–H groups in total. The van der Waals surface area contributed by atoms with Gasteiger partial charge in [-0.25, -0.2) is 0 Å². The first-order valence-electron chi connectivity index (χ1n) is 4.01. The monoisotopic (exact) mass is 312 g/mol. The van der Waals surface area contributed by atoms with Gasteiger partial charge in [0.25, 0.3) is 0 Å². The van der Waals surface area contributed by atoms with Crippen molar-refractivity contribution in [1.29, 1.82) is 0 Å². The molecule has 2 unspecified atom stereocenters. The van der Waals surface area contributed by atoms with Crippen LogP contribution in [0, 0.1) is 11.8 Å². The summed E-state index contributed by atoms with van der Waals surface area (Å²) in [7, 11) is 0. The minimum absolute atomic E-state index is 0.579. The van der Waals surface area contributed by atoms with Gasteiger partial charge in [-0.1, -0.05) is 38.5 Å². The van der Waals surface area contributed by atoms with Crippen molar-refractivity contribution in [3.63, 3.8) is 0 Å². The third-order valence-corrected chi connectivity index (χ3v) is 7.87. The highest BCUT2D eigenvalue weighted by molar-refractivity contribution is 14.1. The van der Waals surface area contributed by atoms with Gasteiger partial charge in [-0.05, 0) is 37.5 Å². The average Bonchev–Trinajstić information content (AvgIpc) is 2.27. The molecule has 0 amide bonds. The van der Waals surface area contributed by atoms with E-state index in [9.17, 15) is 0 Å². The molecule has 4 atom stereocenters. The van der Waals surface area contributed by atoms with Gasteiger partial charge < -0.3 is 0 Å². The van der Waals surface area contributed by atoms with Crippen LogP contribution in [0.1, 0.15) is 25.7 Å². The number of hydrogen-bond donors (Lipinski definition) is 0. The van der Waals surface area contributed by atoms with Crippen molar-refractivity contribution in [1.82, 2.24) is 0 Å². The van der Waals surface area contributed by atoms with Crippen LogP contribution in [0.15, 0.2) is 0 Å². The molecule has 56 valence electrons. The summed E-state index contributed by atoms with van der Waals surface area (Å²) in [5.41, 5.74) is 0. The highest BCUT2D eigenvalue weighted by atomic mass is 127. The van der Waals surface area contributed by atoms with Gasteiger partial charge in [-0.2, -0.15) is 0 Å². The van der Waals surface area contributed by atoms with Gasteiger partial charge in [0, 0.05) is 7.75 Å². The fourth-order valence-corrected chi connectivity index (χ4v) is 6.10. The Bertz CT molecular complexity index is 167. The lowest BCUT2D eigenvalue weighted by molar-refractivity contribution is 0.457. The zero-order valence-electron chi connectivity index (χ0n) is 5.74. The smallest absolute Gasteiger partial charge is 0.0409 e. The van der Waals surface area contributed by atoms with E-state index in [1.165, 1.54) is 25.7 Å². The zero-order chi connectivity index (χ0) is 6.98. The maximum atomic E-state index is 3.94. The topological polar surface area (TPSA) is 0 Å². The molecule has 4 saturated carbocycles. The Morgan fingerprint density at radius 3 is 1.70 bits per heavy atom. The van der Waals surface area contributed by atoms with Crippen molar-refractivity contribution < 1.29 is 0 Å². The van der Waals surface area contributed by atoms with Crippen LogP contribution in [0.4, 0.5) is 0 Å². The van der Waals surface area contributed by atoms with Gasteiger partial charge in [-0.3, -0.25) is 0 Å². The van der Waals surface area contributed by atoms with E-state index >= 15 is 0 Å². The van der Waals surface area contributed by atoms with Crippen LogP contribution in [0.25, 0.3) is 0 Å². The molecule has 0 heterocycles. The van der Waals surface area contributed by atoms with Crippen molar-refractivity contribution in [2.45, 2.75) is 33.4 Å². The second kappa shape index (κ2) is 1.61. The maximum Gasteiger partial charge on any atom is 0.0409 e. The Hall–Kier alpha value is 1.21. The molecular weight excluding hydrogens is 303 g/mol. The van der Waals surface area contributed by atoms with Crippen LogP contribution in [-0.2, 0) is 0 Å². The van der Waals surface area contributed by atoms with E-state index < -0.39 is 0 Å². The van der Waals surface area contributed by atoms with Crippen LogP contribution in [0.3, 0.4) is 0 Å². The molecular formula is C8H10BrI. The van der Waals surface area contributed by atoms with Crippen LogP contribution >= 0.6 is 38.5 Å².